The van der Waals surface area contributed by atoms with Crippen LogP contribution in [0.3, 0.4) is 0 Å². The first-order valence-electron chi connectivity index (χ1n) is 5.63. The van der Waals surface area contributed by atoms with Gasteiger partial charge in [0.1, 0.15) is 0 Å². The normalized spacial score (nSPS) is 14.3. The Kier molecular flexibility index (Phi) is 3.34. The van der Waals surface area contributed by atoms with Crippen LogP contribution in [0, 0.1) is 0 Å². The smallest absolute Gasteiger partial charge is 0.331 e. The first kappa shape index (κ1) is 13.6. The van der Waals surface area contributed by atoms with Gasteiger partial charge >= 0.3 is 5.97 Å². The number of hydrogen-bond acceptors (Lipinski definition) is 3. The molecule has 0 saturated heterocycles. The molecule has 0 spiro atoms. The molecule has 0 aliphatic rings. The van der Waals surface area contributed by atoms with Crippen molar-refractivity contribution >= 4 is 34.3 Å². The van der Waals surface area contributed by atoms with Crippen molar-refractivity contribution < 1.29 is 14.7 Å². The average molecular weight is 281 g/mol. The van der Waals surface area contributed by atoms with Crippen molar-refractivity contribution in [2.75, 3.05) is 0 Å². The number of halogens is 1. The highest BCUT2D eigenvalue weighted by molar-refractivity contribution is 6.31. The van der Waals surface area contributed by atoms with Gasteiger partial charge in [-0.1, -0.05) is 17.7 Å². The van der Waals surface area contributed by atoms with Crippen LogP contribution < -0.4 is 5.73 Å². The third-order valence-electron chi connectivity index (χ3n) is 3.21. The molecule has 1 unspecified atom stereocenters. The van der Waals surface area contributed by atoms with Gasteiger partial charge in [0, 0.05) is 28.5 Å². The second-order valence-electron chi connectivity index (χ2n) is 4.51. The monoisotopic (exact) mass is 280 g/mol. The maximum absolute atomic E-state index is 11.5. The highest BCUT2D eigenvalue weighted by atomic mass is 35.5. The van der Waals surface area contributed by atoms with E-state index < -0.39 is 17.3 Å². The molecule has 2 aromatic rings. The summed E-state index contributed by atoms with van der Waals surface area (Å²) >= 11 is 5.87. The zero-order valence-corrected chi connectivity index (χ0v) is 11.0. The van der Waals surface area contributed by atoms with E-state index in [9.17, 15) is 9.59 Å². The van der Waals surface area contributed by atoms with Gasteiger partial charge in [0.2, 0.25) is 0 Å². The maximum atomic E-state index is 11.5. The number of carboxylic acids is 1. The van der Waals surface area contributed by atoms with E-state index in [1.807, 2.05) is 0 Å². The van der Waals surface area contributed by atoms with Gasteiger partial charge in [-0.2, -0.15) is 0 Å². The second-order valence-corrected chi connectivity index (χ2v) is 4.95. The molecule has 2 rings (SSSR count). The van der Waals surface area contributed by atoms with Crippen LogP contribution in [0.5, 0.6) is 0 Å². The fourth-order valence-corrected chi connectivity index (χ4v) is 2.13. The van der Waals surface area contributed by atoms with Crippen LogP contribution in [0.15, 0.2) is 24.4 Å². The number of carboxylic acid groups (broad SMARTS) is 1. The minimum Gasteiger partial charge on any atom is -0.480 e. The van der Waals surface area contributed by atoms with E-state index in [-0.39, 0.29) is 6.42 Å². The van der Waals surface area contributed by atoms with E-state index in [4.69, 9.17) is 22.4 Å². The van der Waals surface area contributed by atoms with E-state index in [0.717, 1.165) is 10.9 Å². The zero-order valence-electron chi connectivity index (χ0n) is 10.2. The van der Waals surface area contributed by atoms with Crippen molar-refractivity contribution in [2.45, 2.75) is 18.9 Å². The molecular weight excluding hydrogens is 268 g/mol. The Morgan fingerprint density at radius 3 is 2.74 bits per heavy atom. The molecule has 19 heavy (non-hydrogen) atoms. The van der Waals surface area contributed by atoms with Gasteiger partial charge in [-0.05, 0) is 24.6 Å². The third-order valence-corrected chi connectivity index (χ3v) is 3.44. The molecule has 1 atom stereocenters. The first-order valence-corrected chi connectivity index (χ1v) is 6.01. The van der Waals surface area contributed by atoms with Crippen molar-refractivity contribution in [3.8, 4) is 0 Å². The summed E-state index contributed by atoms with van der Waals surface area (Å²) in [6, 6.07) is 5.20. The molecule has 0 saturated carbocycles. The highest BCUT2D eigenvalue weighted by Crippen LogP contribution is 2.25. The van der Waals surface area contributed by atoms with Gasteiger partial charge < -0.3 is 15.8 Å². The Bertz CT molecular complexity index is 649. The summed E-state index contributed by atoms with van der Waals surface area (Å²) in [4.78, 5) is 25.7. The van der Waals surface area contributed by atoms with Gasteiger partial charge in [0.25, 0.3) is 0 Å². The number of rotatable bonds is 4. The lowest BCUT2D eigenvalue weighted by Crippen LogP contribution is -2.55. The van der Waals surface area contributed by atoms with Gasteiger partial charge in [-0.15, -0.1) is 0 Å². The molecule has 0 bridgehead atoms. The summed E-state index contributed by atoms with van der Waals surface area (Å²) < 4.78 is 0. The number of fused-ring (bicyclic) bond motifs is 1. The molecule has 1 aromatic carbocycles. The van der Waals surface area contributed by atoms with Gasteiger partial charge in [-0.25, -0.2) is 4.79 Å². The number of ketones is 1. The van der Waals surface area contributed by atoms with Crippen molar-refractivity contribution in [1.29, 1.82) is 0 Å². The SMILES string of the molecule is CC(=O)C(N)(Cc1c[nH]c2cc(Cl)ccc12)C(=O)O. The van der Waals surface area contributed by atoms with Crippen LogP contribution in [0.4, 0.5) is 0 Å². The van der Waals surface area contributed by atoms with Crippen LogP contribution in [-0.4, -0.2) is 27.4 Å². The van der Waals surface area contributed by atoms with Crippen molar-refractivity contribution in [2.24, 2.45) is 5.73 Å². The lowest BCUT2D eigenvalue weighted by Gasteiger charge is -2.20. The summed E-state index contributed by atoms with van der Waals surface area (Å²) in [5.74, 6) is -1.91. The molecule has 0 amide bonds. The van der Waals surface area contributed by atoms with E-state index in [1.54, 1.807) is 24.4 Å². The predicted octanol–water partition coefficient (Wildman–Crippen LogP) is 1.73. The first-order chi connectivity index (χ1) is 8.84. The topological polar surface area (TPSA) is 96.2 Å². The molecule has 1 heterocycles. The fourth-order valence-electron chi connectivity index (χ4n) is 1.96. The van der Waals surface area contributed by atoms with Gasteiger partial charge in [0.05, 0.1) is 0 Å². The Hall–Kier alpha value is -1.85. The lowest BCUT2D eigenvalue weighted by molar-refractivity contribution is -0.147. The summed E-state index contributed by atoms with van der Waals surface area (Å²) in [5, 5.41) is 10.5. The lowest BCUT2D eigenvalue weighted by atomic mass is 9.88. The number of nitrogens with two attached hydrogens (primary N) is 1. The number of hydrogen-bond donors (Lipinski definition) is 3. The second kappa shape index (κ2) is 4.68. The van der Waals surface area contributed by atoms with E-state index in [1.165, 1.54) is 6.92 Å². The predicted molar refractivity (Wildman–Crippen MR) is 72.2 cm³/mol. The molecule has 1 aromatic heterocycles. The minimum absolute atomic E-state index is 0.0701. The van der Waals surface area contributed by atoms with Crippen molar-refractivity contribution in [1.82, 2.24) is 4.98 Å². The van der Waals surface area contributed by atoms with E-state index >= 15 is 0 Å². The molecule has 6 heteroatoms. The third kappa shape index (κ3) is 2.34. The molecule has 100 valence electrons. The number of Topliss-reactive ketones (excluding diaryl/α,β-unsaturated/α-hetero) is 1. The van der Waals surface area contributed by atoms with Gasteiger partial charge in [0.15, 0.2) is 11.3 Å². The number of aliphatic carboxylic acids is 1. The summed E-state index contributed by atoms with van der Waals surface area (Å²) in [7, 11) is 0. The largest absolute Gasteiger partial charge is 0.480 e. The standard InChI is InChI=1S/C13H13ClN2O3/c1-7(17)13(15,12(18)19)5-8-6-16-11-4-9(14)2-3-10(8)11/h2-4,6,16H,5,15H2,1H3,(H,18,19). The summed E-state index contributed by atoms with van der Waals surface area (Å²) in [6.07, 6.45) is 1.58. The molecule has 4 N–H and O–H groups in total. The number of nitrogens with one attached hydrogen (secondary N) is 1. The molecule has 5 nitrogen and oxygen atoms in total. The van der Waals surface area contributed by atoms with Crippen LogP contribution in [0.1, 0.15) is 12.5 Å². The number of carbonyl (C=O) groups excluding carboxylic acids is 1. The number of aromatic amines is 1. The number of aromatic nitrogens is 1. The fraction of sp³-hybridized carbons (Fsp3) is 0.231. The maximum Gasteiger partial charge on any atom is 0.331 e. The minimum atomic E-state index is -1.91. The van der Waals surface area contributed by atoms with Crippen LogP contribution >= 0.6 is 11.6 Å². The van der Waals surface area contributed by atoms with Crippen molar-refractivity contribution in [3.05, 3.63) is 35.0 Å². The number of benzene rings is 1. The van der Waals surface area contributed by atoms with Crippen LogP contribution in [-0.2, 0) is 16.0 Å². The molecule has 0 aliphatic heterocycles. The van der Waals surface area contributed by atoms with E-state index in [2.05, 4.69) is 4.98 Å². The molecule has 0 fully saturated rings. The molecule has 0 radical (unpaired) electrons. The number of carbonyl (C=O) groups is 2. The quantitative estimate of drug-likeness (QED) is 0.743. The molecule has 0 aliphatic carbocycles. The van der Waals surface area contributed by atoms with Crippen molar-refractivity contribution in [3.63, 3.8) is 0 Å². The van der Waals surface area contributed by atoms with E-state index in [0.29, 0.717) is 10.6 Å². The Morgan fingerprint density at radius 1 is 1.47 bits per heavy atom. The number of H-pyrrole nitrogens is 1. The van der Waals surface area contributed by atoms with Crippen LogP contribution in [0.25, 0.3) is 10.9 Å². The van der Waals surface area contributed by atoms with Gasteiger partial charge in [-0.3, -0.25) is 4.79 Å². The zero-order chi connectivity index (χ0) is 14.2. The Labute approximate surface area is 114 Å². The average Bonchev–Trinajstić information content (AvgIpc) is 2.70. The Morgan fingerprint density at radius 2 is 2.16 bits per heavy atom. The Balaban J connectivity index is 2.46. The highest BCUT2D eigenvalue weighted by Gasteiger charge is 2.39. The molecular formula is C13H13ClN2O3. The summed E-state index contributed by atoms with van der Waals surface area (Å²) in [5.41, 5.74) is 5.25. The summed E-state index contributed by atoms with van der Waals surface area (Å²) in [6.45, 7) is 1.18. The van der Waals surface area contributed by atoms with Crippen LogP contribution in [0.2, 0.25) is 5.02 Å².